The number of halogens is 2. The van der Waals surface area contributed by atoms with Crippen LogP contribution in [0.25, 0.3) is 0 Å². The SMILES string of the molecule is CC(=O)c1cccc(NC(=O)CSCc2ccc(Br)cc2F)c1. The molecule has 2 aromatic rings. The van der Waals surface area contributed by atoms with Gasteiger partial charge in [0.25, 0.3) is 0 Å². The zero-order chi connectivity index (χ0) is 16.8. The molecule has 0 unspecified atom stereocenters. The molecule has 2 aromatic carbocycles. The van der Waals surface area contributed by atoms with E-state index in [2.05, 4.69) is 21.2 Å². The first-order valence-electron chi connectivity index (χ1n) is 6.88. The van der Waals surface area contributed by atoms with E-state index in [-0.39, 0.29) is 23.3 Å². The Labute approximate surface area is 146 Å². The van der Waals surface area contributed by atoms with Crippen LogP contribution in [-0.2, 0) is 10.5 Å². The smallest absolute Gasteiger partial charge is 0.234 e. The van der Waals surface area contributed by atoms with E-state index >= 15 is 0 Å². The highest BCUT2D eigenvalue weighted by molar-refractivity contribution is 9.10. The molecule has 23 heavy (non-hydrogen) atoms. The molecule has 2 rings (SSSR count). The third-order valence-corrected chi connectivity index (χ3v) is 4.53. The Balaban J connectivity index is 1.85. The van der Waals surface area contributed by atoms with Gasteiger partial charge >= 0.3 is 0 Å². The molecule has 0 bridgehead atoms. The summed E-state index contributed by atoms with van der Waals surface area (Å²) in [6.07, 6.45) is 0. The monoisotopic (exact) mass is 395 g/mol. The van der Waals surface area contributed by atoms with Crippen molar-refractivity contribution in [3.05, 3.63) is 63.9 Å². The lowest BCUT2D eigenvalue weighted by Crippen LogP contribution is -2.14. The molecule has 0 saturated heterocycles. The van der Waals surface area contributed by atoms with Gasteiger partial charge in [0.05, 0.1) is 5.75 Å². The first kappa shape index (κ1) is 17.7. The van der Waals surface area contributed by atoms with Gasteiger partial charge in [0.15, 0.2) is 5.78 Å². The van der Waals surface area contributed by atoms with Crippen LogP contribution in [0.4, 0.5) is 10.1 Å². The van der Waals surface area contributed by atoms with Gasteiger partial charge in [-0.2, -0.15) is 0 Å². The molecular formula is C17H15BrFNO2S. The number of nitrogens with one attached hydrogen (secondary N) is 1. The molecule has 0 aliphatic heterocycles. The highest BCUT2D eigenvalue weighted by atomic mass is 79.9. The fourth-order valence-electron chi connectivity index (χ4n) is 1.91. The summed E-state index contributed by atoms with van der Waals surface area (Å²) in [5.41, 5.74) is 1.69. The average Bonchev–Trinajstić information content (AvgIpc) is 2.49. The van der Waals surface area contributed by atoms with E-state index in [4.69, 9.17) is 0 Å². The summed E-state index contributed by atoms with van der Waals surface area (Å²) in [6, 6.07) is 11.7. The Morgan fingerprint density at radius 1 is 1.22 bits per heavy atom. The van der Waals surface area contributed by atoms with Crippen LogP contribution in [0.15, 0.2) is 46.9 Å². The Morgan fingerprint density at radius 2 is 2.00 bits per heavy atom. The fourth-order valence-corrected chi connectivity index (χ4v) is 3.05. The van der Waals surface area contributed by atoms with Crippen molar-refractivity contribution < 1.29 is 14.0 Å². The van der Waals surface area contributed by atoms with E-state index < -0.39 is 0 Å². The number of benzene rings is 2. The van der Waals surface area contributed by atoms with Crippen LogP contribution in [0.3, 0.4) is 0 Å². The van der Waals surface area contributed by atoms with Gasteiger partial charge in [-0.3, -0.25) is 9.59 Å². The Kier molecular flexibility index (Phi) is 6.36. The molecule has 1 N–H and O–H groups in total. The summed E-state index contributed by atoms with van der Waals surface area (Å²) in [6.45, 7) is 1.48. The zero-order valence-corrected chi connectivity index (χ0v) is 14.8. The number of carbonyl (C=O) groups is 2. The molecule has 0 aromatic heterocycles. The third-order valence-electron chi connectivity index (χ3n) is 3.06. The van der Waals surface area contributed by atoms with E-state index in [1.807, 2.05) is 0 Å². The second-order valence-corrected chi connectivity index (χ2v) is 6.81. The van der Waals surface area contributed by atoms with Crippen molar-refractivity contribution >= 4 is 45.1 Å². The highest BCUT2D eigenvalue weighted by Crippen LogP contribution is 2.20. The highest BCUT2D eigenvalue weighted by Gasteiger charge is 2.07. The number of rotatable bonds is 6. The third kappa shape index (κ3) is 5.48. The fraction of sp³-hybridized carbons (Fsp3) is 0.176. The van der Waals surface area contributed by atoms with Crippen molar-refractivity contribution in [3.8, 4) is 0 Å². The van der Waals surface area contributed by atoms with Crippen LogP contribution in [0, 0.1) is 5.82 Å². The minimum absolute atomic E-state index is 0.0545. The molecule has 0 aliphatic rings. The van der Waals surface area contributed by atoms with Crippen LogP contribution in [0.5, 0.6) is 0 Å². The van der Waals surface area contributed by atoms with Crippen molar-refractivity contribution in [2.45, 2.75) is 12.7 Å². The lowest BCUT2D eigenvalue weighted by Gasteiger charge is -2.07. The van der Waals surface area contributed by atoms with E-state index in [0.717, 1.165) is 0 Å². The zero-order valence-electron chi connectivity index (χ0n) is 12.4. The summed E-state index contributed by atoms with van der Waals surface area (Å²) in [5, 5.41) is 2.73. The predicted octanol–water partition coefficient (Wildman–Crippen LogP) is 4.66. The second kappa shape index (κ2) is 8.26. The van der Waals surface area contributed by atoms with Crippen LogP contribution < -0.4 is 5.32 Å². The average molecular weight is 396 g/mol. The largest absolute Gasteiger partial charge is 0.325 e. The van der Waals surface area contributed by atoms with Crippen molar-refractivity contribution in [2.24, 2.45) is 0 Å². The molecule has 3 nitrogen and oxygen atoms in total. The lowest BCUT2D eigenvalue weighted by molar-refractivity contribution is -0.113. The summed E-state index contributed by atoms with van der Waals surface area (Å²) in [7, 11) is 0. The Morgan fingerprint density at radius 3 is 2.70 bits per heavy atom. The van der Waals surface area contributed by atoms with Crippen LogP contribution in [0.1, 0.15) is 22.8 Å². The van der Waals surface area contributed by atoms with Gasteiger partial charge in [-0.1, -0.05) is 34.1 Å². The number of hydrogen-bond donors (Lipinski definition) is 1. The summed E-state index contributed by atoms with van der Waals surface area (Å²) >= 11 is 4.54. The standard InChI is InChI=1S/C17H15BrFNO2S/c1-11(21)12-3-2-4-15(7-12)20-17(22)10-23-9-13-5-6-14(18)8-16(13)19/h2-8H,9-10H2,1H3,(H,20,22). The Hall–Kier alpha value is -1.66. The molecule has 0 radical (unpaired) electrons. The van der Waals surface area contributed by atoms with Gasteiger partial charge in [-0.05, 0) is 36.8 Å². The normalized spacial score (nSPS) is 10.4. The Bertz CT molecular complexity index is 736. The van der Waals surface area contributed by atoms with Crippen molar-refractivity contribution in [2.75, 3.05) is 11.1 Å². The molecule has 1 amide bonds. The van der Waals surface area contributed by atoms with Crippen LogP contribution in [0.2, 0.25) is 0 Å². The van der Waals surface area contributed by atoms with Gasteiger partial charge in [0.1, 0.15) is 5.82 Å². The van der Waals surface area contributed by atoms with Crippen molar-refractivity contribution in [1.29, 1.82) is 0 Å². The van der Waals surface area contributed by atoms with Crippen LogP contribution >= 0.6 is 27.7 Å². The molecule has 0 aliphatic carbocycles. The quantitative estimate of drug-likeness (QED) is 0.723. The van der Waals surface area contributed by atoms with Crippen LogP contribution in [-0.4, -0.2) is 17.4 Å². The van der Waals surface area contributed by atoms with Crippen molar-refractivity contribution in [1.82, 2.24) is 0 Å². The second-order valence-electron chi connectivity index (χ2n) is 4.91. The van der Waals surface area contributed by atoms with Gasteiger partial charge in [-0.25, -0.2) is 4.39 Å². The predicted molar refractivity (Wildman–Crippen MR) is 95.3 cm³/mol. The number of Topliss-reactive ketones (excluding diaryl/α,β-unsaturated/α-hetero) is 1. The maximum Gasteiger partial charge on any atom is 0.234 e. The molecule has 6 heteroatoms. The van der Waals surface area contributed by atoms with Gasteiger partial charge in [-0.15, -0.1) is 11.8 Å². The summed E-state index contributed by atoms with van der Waals surface area (Å²) in [4.78, 5) is 23.2. The number of hydrogen-bond acceptors (Lipinski definition) is 3. The molecule has 0 atom stereocenters. The first-order valence-corrected chi connectivity index (χ1v) is 8.83. The summed E-state index contributed by atoms with van der Waals surface area (Å²) < 4.78 is 14.4. The van der Waals surface area contributed by atoms with E-state index in [9.17, 15) is 14.0 Å². The number of thioether (sulfide) groups is 1. The summed E-state index contributed by atoms with van der Waals surface area (Å²) in [5.74, 6) is 0.0932. The number of amides is 1. The van der Waals surface area contributed by atoms with E-state index in [1.165, 1.54) is 24.8 Å². The maximum atomic E-state index is 13.7. The molecule has 0 spiro atoms. The van der Waals surface area contributed by atoms with Gasteiger partial charge in [0.2, 0.25) is 5.91 Å². The molecule has 0 saturated carbocycles. The molecule has 0 heterocycles. The van der Waals surface area contributed by atoms with E-state index in [0.29, 0.717) is 27.0 Å². The van der Waals surface area contributed by atoms with Gasteiger partial charge < -0.3 is 5.32 Å². The number of anilines is 1. The first-order chi connectivity index (χ1) is 11.0. The minimum Gasteiger partial charge on any atom is -0.325 e. The lowest BCUT2D eigenvalue weighted by atomic mass is 10.1. The molecule has 120 valence electrons. The number of ketones is 1. The molecule has 0 fully saturated rings. The van der Waals surface area contributed by atoms with E-state index in [1.54, 1.807) is 36.4 Å². The molecular weight excluding hydrogens is 381 g/mol. The topological polar surface area (TPSA) is 46.2 Å². The number of carbonyl (C=O) groups excluding carboxylic acids is 2. The van der Waals surface area contributed by atoms with Gasteiger partial charge in [0, 0.05) is 21.5 Å². The maximum absolute atomic E-state index is 13.7. The minimum atomic E-state index is -0.290. The van der Waals surface area contributed by atoms with Crippen molar-refractivity contribution in [3.63, 3.8) is 0 Å².